The van der Waals surface area contributed by atoms with Crippen molar-refractivity contribution >= 4 is 11.7 Å². The summed E-state index contributed by atoms with van der Waals surface area (Å²) >= 11 is 0. The average Bonchev–Trinajstić information content (AvgIpc) is 2.37. The maximum absolute atomic E-state index is 13.5. The van der Waals surface area contributed by atoms with E-state index in [1.54, 1.807) is 26.1 Å². The predicted molar refractivity (Wildman–Crippen MR) is 69.1 cm³/mol. The number of anilines is 1. The second kappa shape index (κ2) is 6.35. The van der Waals surface area contributed by atoms with Crippen LogP contribution in [0.2, 0.25) is 0 Å². The number of carbonyl (C=O) groups is 1. The molecular formula is C13H19FN2O2. The van der Waals surface area contributed by atoms with E-state index >= 15 is 0 Å². The van der Waals surface area contributed by atoms with Crippen LogP contribution in [0.25, 0.3) is 0 Å². The van der Waals surface area contributed by atoms with Crippen molar-refractivity contribution in [1.82, 2.24) is 4.90 Å². The van der Waals surface area contributed by atoms with Crippen LogP contribution in [-0.2, 0) is 6.42 Å². The molecule has 0 radical (unpaired) electrons. The van der Waals surface area contributed by atoms with Crippen LogP contribution in [0.3, 0.4) is 0 Å². The lowest BCUT2D eigenvalue weighted by molar-refractivity contribution is 0.166. The molecule has 1 atom stereocenters. The molecule has 0 saturated heterocycles. The molecule has 100 valence electrons. The van der Waals surface area contributed by atoms with Crippen LogP contribution in [0.5, 0.6) is 0 Å². The van der Waals surface area contributed by atoms with E-state index in [1.165, 1.54) is 11.0 Å². The summed E-state index contributed by atoms with van der Waals surface area (Å²) in [4.78, 5) is 13.1. The van der Waals surface area contributed by atoms with Crippen LogP contribution in [-0.4, -0.2) is 35.7 Å². The van der Waals surface area contributed by atoms with Crippen LogP contribution < -0.4 is 5.32 Å². The van der Waals surface area contributed by atoms with Crippen LogP contribution in [0.1, 0.15) is 19.4 Å². The van der Waals surface area contributed by atoms with Gasteiger partial charge in [0.05, 0.1) is 12.6 Å². The fourth-order valence-electron chi connectivity index (χ4n) is 1.45. The average molecular weight is 254 g/mol. The van der Waals surface area contributed by atoms with E-state index in [0.29, 0.717) is 17.7 Å². The Labute approximate surface area is 106 Å². The van der Waals surface area contributed by atoms with E-state index in [0.717, 1.165) is 0 Å². The van der Waals surface area contributed by atoms with E-state index in [9.17, 15) is 9.18 Å². The van der Waals surface area contributed by atoms with Gasteiger partial charge in [0.15, 0.2) is 0 Å². The van der Waals surface area contributed by atoms with Crippen LogP contribution in [0.4, 0.5) is 14.9 Å². The zero-order chi connectivity index (χ0) is 13.7. The lowest BCUT2D eigenvalue weighted by Crippen LogP contribution is -2.40. The molecule has 0 spiro atoms. The van der Waals surface area contributed by atoms with Gasteiger partial charge in [-0.2, -0.15) is 0 Å². The first-order valence-corrected chi connectivity index (χ1v) is 5.92. The normalized spacial score (nSPS) is 12.1. The van der Waals surface area contributed by atoms with Crippen molar-refractivity contribution in [1.29, 1.82) is 0 Å². The number of amides is 2. The Morgan fingerprint density at radius 3 is 2.72 bits per heavy atom. The SMILES string of the molecule is CCc1ccc(NC(=O)N(C)C(C)CO)cc1F. The third kappa shape index (κ3) is 3.43. The zero-order valence-electron chi connectivity index (χ0n) is 10.9. The Bertz CT molecular complexity index is 423. The highest BCUT2D eigenvalue weighted by Crippen LogP contribution is 2.15. The number of rotatable bonds is 4. The molecule has 0 fully saturated rings. The van der Waals surface area contributed by atoms with Crippen molar-refractivity contribution in [3.63, 3.8) is 0 Å². The van der Waals surface area contributed by atoms with Crippen LogP contribution >= 0.6 is 0 Å². The number of nitrogens with zero attached hydrogens (tertiary/aromatic N) is 1. The first-order valence-electron chi connectivity index (χ1n) is 5.92. The minimum absolute atomic E-state index is 0.118. The standard InChI is InChI=1S/C13H19FN2O2/c1-4-10-5-6-11(7-12(10)14)15-13(18)16(3)9(2)8-17/h5-7,9,17H,4,8H2,1-3H3,(H,15,18). The van der Waals surface area contributed by atoms with Gasteiger partial charge in [0.25, 0.3) is 0 Å². The highest BCUT2D eigenvalue weighted by atomic mass is 19.1. The molecular weight excluding hydrogens is 235 g/mol. The van der Waals surface area contributed by atoms with Gasteiger partial charge in [0.2, 0.25) is 0 Å². The summed E-state index contributed by atoms with van der Waals surface area (Å²) in [5.41, 5.74) is 1.02. The maximum Gasteiger partial charge on any atom is 0.321 e. The number of carbonyl (C=O) groups excluding carboxylic acids is 1. The minimum atomic E-state index is -0.375. The van der Waals surface area contributed by atoms with Gasteiger partial charge in [-0.1, -0.05) is 13.0 Å². The molecule has 0 aliphatic carbocycles. The highest BCUT2D eigenvalue weighted by Gasteiger charge is 2.15. The number of aliphatic hydroxyl groups is 1. The van der Waals surface area contributed by atoms with Crippen molar-refractivity contribution in [3.05, 3.63) is 29.6 Å². The summed E-state index contributed by atoms with van der Waals surface area (Å²) in [6, 6.07) is 3.95. The fourth-order valence-corrected chi connectivity index (χ4v) is 1.45. The number of likely N-dealkylation sites (N-methyl/N-ethyl adjacent to an activating group) is 1. The minimum Gasteiger partial charge on any atom is -0.394 e. The summed E-state index contributed by atoms with van der Waals surface area (Å²) < 4.78 is 13.5. The maximum atomic E-state index is 13.5. The second-order valence-corrected chi connectivity index (χ2v) is 4.23. The van der Waals surface area contributed by atoms with E-state index in [-0.39, 0.29) is 24.5 Å². The molecule has 1 rings (SSSR count). The first kappa shape index (κ1) is 14.4. The molecule has 0 aliphatic rings. The van der Waals surface area contributed by atoms with E-state index in [1.807, 2.05) is 6.92 Å². The monoisotopic (exact) mass is 254 g/mol. The van der Waals surface area contributed by atoms with Crippen molar-refractivity contribution in [3.8, 4) is 0 Å². The Morgan fingerprint density at radius 2 is 2.22 bits per heavy atom. The summed E-state index contributed by atoms with van der Waals surface area (Å²) in [6.45, 7) is 3.47. The number of benzene rings is 1. The van der Waals surface area contributed by atoms with Gasteiger partial charge in [0, 0.05) is 12.7 Å². The third-order valence-corrected chi connectivity index (χ3v) is 2.93. The van der Waals surface area contributed by atoms with Gasteiger partial charge in [-0.25, -0.2) is 9.18 Å². The summed E-state index contributed by atoms with van der Waals surface area (Å²) in [7, 11) is 1.58. The molecule has 4 nitrogen and oxygen atoms in total. The molecule has 18 heavy (non-hydrogen) atoms. The lowest BCUT2D eigenvalue weighted by Gasteiger charge is -2.23. The Balaban J connectivity index is 2.73. The Morgan fingerprint density at radius 1 is 1.56 bits per heavy atom. The first-order chi connectivity index (χ1) is 8.49. The number of nitrogens with one attached hydrogen (secondary N) is 1. The lowest BCUT2D eigenvalue weighted by atomic mass is 10.1. The smallest absolute Gasteiger partial charge is 0.321 e. The molecule has 0 bridgehead atoms. The Kier molecular flexibility index (Phi) is 5.09. The van der Waals surface area contributed by atoms with Gasteiger partial charge < -0.3 is 15.3 Å². The quantitative estimate of drug-likeness (QED) is 0.865. The van der Waals surface area contributed by atoms with Crippen molar-refractivity contribution < 1.29 is 14.3 Å². The summed E-state index contributed by atoms with van der Waals surface area (Å²) in [5.74, 6) is -0.326. The molecule has 2 N–H and O–H groups in total. The molecule has 2 amide bonds. The molecule has 0 aliphatic heterocycles. The predicted octanol–water partition coefficient (Wildman–Crippen LogP) is 2.23. The zero-order valence-corrected chi connectivity index (χ0v) is 10.9. The molecule has 1 unspecified atom stereocenters. The van der Waals surface area contributed by atoms with Crippen LogP contribution in [0, 0.1) is 5.82 Å². The Hall–Kier alpha value is -1.62. The van der Waals surface area contributed by atoms with Gasteiger partial charge in [-0.3, -0.25) is 0 Å². The van der Waals surface area contributed by atoms with Gasteiger partial charge >= 0.3 is 6.03 Å². The molecule has 5 heteroatoms. The second-order valence-electron chi connectivity index (χ2n) is 4.23. The van der Waals surface area contributed by atoms with Crippen molar-refractivity contribution in [2.24, 2.45) is 0 Å². The molecule has 0 aromatic heterocycles. The number of halogens is 1. The number of hydrogen-bond donors (Lipinski definition) is 2. The van der Waals surface area contributed by atoms with E-state index in [4.69, 9.17) is 5.11 Å². The number of urea groups is 1. The van der Waals surface area contributed by atoms with Gasteiger partial charge in [-0.05, 0) is 31.0 Å². The van der Waals surface area contributed by atoms with Crippen molar-refractivity contribution in [2.45, 2.75) is 26.3 Å². The summed E-state index contributed by atoms with van der Waals surface area (Å²) in [5, 5.41) is 11.5. The van der Waals surface area contributed by atoms with Gasteiger partial charge in [-0.15, -0.1) is 0 Å². The highest BCUT2D eigenvalue weighted by molar-refractivity contribution is 5.89. The molecule has 1 aromatic rings. The largest absolute Gasteiger partial charge is 0.394 e. The molecule has 0 saturated carbocycles. The summed E-state index contributed by atoms with van der Waals surface area (Å²) in [6.07, 6.45) is 0.613. The number of aliphatic hydroxyl groups excluding tert-OH is 1. The van der Waals surface area contributed by atoms with Crippen LogP contribution in [0.15, 0.2) is 18.2 Å². The van der Waals surface area contributed by atoms with E-state index in [2.05, 4.69) is 5.32 Å². The molecule has 0 heterocycles. The number of hydrogen-bond acceptors (Lipinski definition) is 2. The fraction of sp³-hybridized carbons (Fsp3) is 0.462. The van der Waals surface area contributed by atoms with E-state index < -0.39 is 0 Å². The number of aryl methyl sites for hydroxylation is 1. The van der Waals surface area contributed by atoms with Gasteiger partial charge in [0.1, 0.15) is 5.82 Å². The topological polar surface area (TPSA) is 52.6 Å². The van der Waals surface area contributed by atoms with Crippen molar-refractivity contribution in [2.75, 3.05) is 19.0 Å². The third-order valence-electron chi connectivity index (χ3n) is 2.93. The molecule has 1 aromatic carbocycles.